The van der Waals surface area contributed by atoms with Gasteiger partial charge < -0.3 is 10.1 Å². The second-order valence-corrected chi connectivity index (χ2v) is 6.19. The highest BCUT2D eigenvalue weighted by molar-refractivity contribution is 9.10. The monoisotopic (exact) mass is 349 g/mol. The molecule has 1 aliphatic carbocycles. The topological polar surface area (TPSA) is 21.3 Å². The molecule has 0 aliphatic heterocycles. The molecule has 1 atom stereocenters. The highest BCUT2D eigenvalue weighted by atomic mass is 79.9. The molecule has 21 heavy (non-hydrogen) atoms. The van der Waals surface area contributed by atoms with Crippen molar-refractivity contribution in [2.75, 3.05) is 7.05 Å². The second kappa shape index (κ2) is 6.16. The van der Waals surface area contributed by atoms with Gasteiger partial charge in [-0.25, -0.2) is 4.39 Å². The highest BCUT2D eigenvalue weighted by Crippen LogP contribution is 2.30. The van der Waals surface area contributed by atoms with Crippen molar-refractivity contribution >= 4 is 15.9 Å². The molecule has 1 saturated carbocycles. The number of nitrogens with one attached hydrogen (secondary N) is 1. The molecule has 0 amide bonds. The zero-order valence-corrected chi connectivity index (χ0v) is 13.4. The maximum Gasteiger partial charge on any atom is 0.129 e. The van der Waals surface area contributed by atoms with Gasteiger partial charge in [0.15, 0.2) is 0 Å². The first-order valence-corrected chi connectivity index (χ1v) is 7.85. The third-order valence-corrected chi connectivity index (χ3v) is 4.10. The number of rotatable bonds is 5. The van der Waals surface area contributed by atoms with E-state index in [1.165, 1.54) is 6.07 Å². The fourth-order valence-electron chi connectivity index (χ4n) is 2.35. The van der Waals surface area contributed by atoms with E-state index < -0.39 is 0 Å². The van der Waals surface area contributed by atoms with Crippen LogP contribution in [0.2, 0.25) is 0 Å². The molecular weight excluding hydrogens is 333 g/mol. The lowest BCUT2D eigenvalue weighted by Crippen LogP contribution is -2.18. The van der Waals surface area contributed by atoms with Crippen molar-refractivity contribution in [3.63, 3.8) is 0 Å². The van der Waals surface area contributed by atoms with Crippen LogP contribution in [-0.4, -0.2) is 13.2 Å². The summed E-state index contributed by atoms with van der Waals surface area (Å²) in [4.78, 5) is 0. The zero-order valence-electron chi connectivity index (χ0n) is 11.8. The Morgan fingerprint density at radius 1 is 1.19 bits per heavy atom. The Kier molecular flexibility index (Phi) is 4.27. The molecule has 0 heterocycles. The van der Waals surface area contributed by atoms with Crippen LogP contribution < -0.4 is 10.1 Å². The maximum atomic E-state index is 14.1. The maximum absolute atomic E-state index is 14.1. The van der Waals surface area contributed by atoms with Crippen LogP contribution >= 0.6 is 15.9 Å². The number of hydrogen-bond acceptors (Lipinski definition) is 2. The average molecular weight is 350 g/mol. The summed E-state index contributed by atoms with van der Waals surface area (Å²) in [6.45, 7) is 0. The van der Waals surface area contributed by atoms with Gasteiger partial charge in [0.25, 0.3) is 0 Å². The Morgan fingerprint density at radius 3 is 2.48 bits per heavy atom. The third-order valence-electron chi connectivity index (χ3n) is 3.60. The molecule has 0 saturated heterocycles. The van der Waals surface area contributed by atoms with Crippen LogP contribution in [0.3, 0.4) is 0 Å². The second-order valence-electron chi connectivity index (χ2n) is 5.27. The Labute approximate surface area is 132 Å². The number of hydrogen-bond donors (Lipinski definition) is 1. The molecule has 1 aliphatic rings. The quantitative estimate of drug-likeness (QED) is 0.861. The van der Waals surface area contributed by atoms with Crippen molar-refractivity contribution in [1.29, 1.82) is 0 Å². The summed E-state index contributed by atoms with van der Waals surface area (Å²) in [6.07, 6.45) is 2.68. The normalized spacial score (nSPS) is 15.8. The third kappa shape index (κ3) is 3.44. The summed E-state index contributed by atoms with van der Waals surface area (Å²) in [5.74, 6) is 0.661. The largest absolute Gasteiger partial charge is 0.490 e. The molecule has 0 bridgehead atoms. The van der Waals surface area contributed by atoms with Gasteiger partial charge in [0.2, 0.25) is 0 Å². The van der Waals surface area contributed by atoms with E-state index in [1.807, 2.05) is 37.4 Å². The standard InChI is InChI=1S/C17H17BrFNO/c1-20-17(15-9-4-12(18)10-16(15)19)11-2-5-13(6-3-11)21-14-7-8-14/h2-6,9-10,14,17,20H,7-8H2,1H3. The van der Waals surface area contributed by atoms with E-state index in [9.17, 15) is 4.39 Å². The lowest BCUT2D eigenvalue weighted by Gasteiger charge is -2.18. The molecule has 2 aromatic rings. The lowest BCUT2D eigenvalue weighted by atomic mass is 9.98. The minimum atomic E-state index is -0.220. The number of ether oxygens (including phenoxy) is 1. The summed E-state index contributed by atoms with van der Waals surface area (Å²) < 4.78 is 20.6. The molecule has 1 fully saturated rings. The minimum Gasteiger partial charge on any atom is -0.490 e. The molecule has 1 N–H and O–H groups in total. The number of benzene rings is 2. The van der Waals surface area contributed by atoms with E-state index in [2.05, 4.69) is 21.2 Å². The molecule has 0 radical (unpaired) electrons. The molecule has 0 aromatic heterocycles. The predicted molar refractivity (Wildman–Crippen MR) is 85.1 cm³/mol. The van der Waals surface area contributed by atoms with Crippen LogP contribution in [0.4, 0.5) is 4.39 Å². The van der Waals surface area contributed by atoms with E-state index in [0.29, 0.717) is 11.7 Å². The summed E-state index contributed by atoms with van der Waals surface area (Å²) in [5.41, 5.74) is 1.65. The van der Waals surface area contributed by atoms with Gasteiger partial charge in [-0.1, -0.05) is 34.1 Å². The SMILES string of the molecule is CNC(c1ccc(OC2CC2)cc1)c1ccc(Br)cc1F. The van der Waals surface area contributed by atoms with Crippen molar-refractivity contribution in [3.8, 4) is 5.75 Å². The molecule has 1 unspecified atom stereocenters. The first-order chi connectivity index (χ1) is 10.2. The van der Waals surface area contributed by atoms with Crippen LogP contribution in [0.15, 0.2) is 46.9 Å². The van der Waals surface area contributed by atoms with Crippen molar-refractivity contribution < 1.29 is 9.13 Å². The van der Waals surface area contributed by atoms with E-state index in [-0.39, 0.29) is 11.9 Å². The van der Waals surface area contributed by atoms with E-state index >= 15 is 0 Å². The average Bonchev–Trinajstić information content (AvgIpc) is 3.27. The van der Waals surface area contributed by atoms with Crippen LogP contribution in [0, 0.1) is 5.82 Å². The number of halogens is 2. The van der Waals surface area contributed by atoms with Gasteiger partial charge in [0.05, 0.1) is 12.1 Å². The van der Waals surface area contributed by atoms with Crippen molar-refractivity contribution in [1.82, 2.24) is 5.32 Å². The molecular formula is C17H17BrFNO. The van der Waals surface area contributed by atoms with Crippen molar-refractivity contribution in [3.05, 3.63) is 63.9 Å². The molecule has 3 rings (SSSR count). The summed E-state index contributed by atoms with van der Waals surface area (Å²) >= 11 is 3.28. The van der Waals surface area contributed by atoms with Crippen LogP contribution in [0.5, 0.6) is 5.75 Å². The molecule has 2 aromatic carbocycles. The van der Waals surface area contributed by atoms with Crippen molar-refractivity contribution in [2.24, 2.45) is 0 Å². The van der Waals surface area contributed by atoms with Gasteiger partial charge in [-0.05, 0) is 49.7 Å². The van der Waals surface area contributed by atoms with Crippen LogP contribution in [-0.2, 0) is 0 Å². The molecule has 110 valence electrons. The zero-order chi connectivity index (χ0) is 14.8. The highest BCUT2D eigenvalue weighted by Gasteiger charge is 2.23. The smallest absolute Gasteiger partial charge is 0.129 e. The van der Waals surface area contributed by atoms with Gasteiger partial charge in [-0.3, -0.25) is 0 Å². The fourth-order valence-corrected chi connectivity index (χ4v) is 2.69. The van der Waals surface area contributed by atoms with Gasteiger partial charge in [0.1, 0.15) is 11.6 Å². The van der Waals surface area contributed by atoms with Crippen LogP contribution in [0.1, 0.15) is 30.0 Å². The minimum absolute atomic E-state index is 0.173. The van der Waals surface area contributed by atoms with Gasteiger partial charge in [-0.2, -0.15) is 0 Å². The van der Waals surface area contributed by atoms with Gasteiger partial charge >= 0.3 is 0 Å². The summed E-state index contributed by atoms with van der Waals surface area (Å²) in [7, 11) is 1.83. The predicted octanol–water partition coefficient (Wildman–Crippen LogP) is 4.44. The summed E-state index contributed by atoms with van der Waals surface area (Å²) in [5, 5.41) is 3.17. The van der Waals surface area contributed by atoms with E-state index in [0.717, 1.165) is 28.6 Å². The first kappa shape index (κ1) is 14.5. The van der Waals surface area contributed by atoms with Crippen molar-refractivity contribution in [2.45, 2.75) is 25.0 Å². The van der Waals surface area contributed by atoms with Crippen LogP contribution in [0.25, 0.3) is 0 Å². The first-order valence-electron chi connectivity index (χ1n) is 7.06. The Morgan fingerprint density at radius 2 is 1.90 bits per heavy atom. The van der Waals surface area contributed by atoms with E-state index in [1.54, 1.807) is 6.07 Å². The Bertz CT molecular complexity index is 625. The van der Waals surface area contributed by atoms with Gasteiger partial charge in [-0.15, -0.1) is 0 Å². The Balaban J connectivity index is 1.84. The molecule has 4 heteroatoms. The van der Waals surface area contributed by atoms with E-state index in [4.69, 9.17) is 4.74 Å². The summed E-state index contributed by atoms with van der Waals surface area (Å²) in [6, 6.07) is 12.9. The fraction of sp³-hybridized carbons (Fsp3) is 0.294. The molecule has 2 nitrogen and oxygen atoms in total. The van der Waals surface area contributed by atoms with Gasteiger partial charge in [0, 0.05) is 10.0 Å². The lowest BCUT2D eigenvalue weighted by molar-refractivity contribution is 0.303. The molecule has 0 spiro atoms. The Hall–Kier alpha value is -1.39.